The summed E-state index contributed by atoms with van der Waals surface area (Å²) in [6.07, 6.45) is 0. The zero-order valence-electron chi connectivity index (χ0n) is 9.71. The maximum absolute atomic E-state index is 12.4. The third-order valence-electron chi connectivity index (χ3n) is 2.55. The molecule has 3 nitrogen and oxygen atoms in total. The van der Waals surface area contributed by atoms with Gasteiger partial charge >= 0.3 is 0 Å². The molecule has 6 heteroatoms. The van der Waals surface area contributed by atoms with E-state index in [0.717, 1.165) is 5.56 Å². The number of anilines is 1. The molecule has 96 valence electrons. The Balaban J connectivity index is 2.35. The number of alkyl halides is 1. The van der Waals surface area contributed by atoms with Crippen LogP contribution in [0, 0.1) is 0 Å². The number of rotatable bonds is 4. The van der Waals surface area contributed by atoms with Gasteiger partial charge < -0.3 is 0 Å². The lowest BCUT2D eigenvalue weighted by molar-refractivity contribution is 0.594. The predicted molar refractivity (Wildman–Crippen MR) is 79.0 cm³/mol. The summed E-state index contributed by atoms with van der Waals surface area (Å²) in [6, 6.07) is 10.5. The van der Waals surface area contributed by atoms with Gasteiger partial charge in [-0.2, -0.15) is 0 Å². The van der Waals surface area contributed by atoms with Crippen molar-refractivity contribution in [1.82, 2.24) is 0 Å². The molecule has 1 aromatic heterocycles. The van der Waals surface area contributed by atoms with E-state index in [1.807, 2.05) is 23.6 Å². The fourth-order valence-electron chi connectivity index (χ4n) is 1.48. The van der Waals surface area contributed by atoms with Gasteiger partial charge in [0.05, 0.1) is 4.90 Å². The van der Waals surface area contributed by atoms with Crippen LogP contribution < -0.4 is 4.31 Å². The highest BCUT2D eigenvalue weighted by Crippen LogP contribution is 2.26. The second-order valence-corrected chi connectivity index (χ2v) is 7.16. The lowest BCUT2D eigenvalue weighted by atomic mass is 10.2. The lowest BCUT2D eigenvalue weighted by Crippen LogP contribution is -2.25. The quantitative estimate of drug-likeness (QED) is 0.795. The zero-order valence-corrected chi connectivity index (χ0v) is 12.9. The van der Waals surface area contributed by atoms with Crippen molar-refractivity contribution in [2.75, 3.05) is 11.4 Å². The summed E-state index contributed by atoms with van der Waals surface area (Å²) >= 11 is 4.73. The summed E-state index contributed by atoms with van der Waals surface area (Å²) in [5.74, 6) is 0. The molecular formula is C12H12BrNO2S2. The van der Waals surface area contributed by atoms with Crippen LogP contribution >= 0.6 is 27.3 Å². The van der Waals surface area contributed by atoms with Crippen LogP contribution in [0.5, 0.6) is 0 Å². The van der Waals surface area contributed by atoms with Crippen LogP contribution in [-0.4, -0.2) is 15.5 Å². The van der Waals surface area contributed by atoms with Gasteiger partial charge in [-0.05, 0) is 35.2 Å². The van der Waals surface area contributed by atoms with Crippen LogP contribution in [0.4, 0.5) is 5.00 Å². The number of sulfonamides is 1. The molecule has 2 rings (SSSR count). The minimum Gasteiger partial charge on any atom is -0.260 e. The summed E-state index contributed by atoms with van der Waals surface area (Å²) in [5.41, 5.74) is 1.05. The van der Waals surface area contributed by atoms with E-state index in [9.17, 15) is 8.42 Å². The molecule has 0 spiro atoms. The standard InChI is InChI=1S/C12H12BrNO2S2/c1-14(12-3-2-8-17-12)18(15,16)11-6-4-10(9-13)5-7-11/h2-8H,9H2,1H3. The van der Waals surface area contributed by atoms with E-state index in [2.05, 4.69) is 15.9 Å². The van der Waals surface area contributed by atoms with Gasteiger partial charge in [0.25, 0.3) is 10.0 Å². The van der Waals surface area contributed by atoms with Crippen molar-refractivity contribution >= 4 is 42.3 Å². The van der Waals surface area contributed by atoms with Crippen LogP contribution in [0.15, 0.2) is 46.7 Å². The first-order valence-electron chi connectivity index (χ1n) is 5.23. The minimum absolute atomic E-state index is 0.308. The van der Waals surface area contributed by atoms with Crippen molar-refractivity contribution in [1.29, 1.82) is 0 Å². The van der Waals surface area contributed by atoms with E-state index in [0.29, 0.717) is 15.2 Å². The van der Waals surface area contributed by atoms with E-state index in [-0.39, 0.29) is 0 Å². The third kappa shape index (κ3) is 2.60. The van der Waals surface area contributed by atoms with Crippen molar-refractivity contribution in [2.45, 2.75) is 10.2 Å². The topological polar surface area (TPSA) is 37.4 Å². The van der Waals surface area contributed by atoms with Crippen LogP contribution in [0.25, 0.3) is 0 Å². The van der Waals surface area contributed by atoms with Crippen molar-refractivity contribution in [3.63, 3.8) is 0 Å². The minimum atomic E-state index is -3.46. The van der Waals surface area contributed by atoms with E-state index in [1.54, 1.807) is 25.2 Å². The molecule has 1 heterocycles. The van der Waals surface area contributed by atoms with Gasteiger partial charge in [0.1, 0.15) is 5.00 Å². The molecule has 0 aliphatic rings. The van der Waals surface area contributed by atoms with Crippen LogP contribution in [0.2, 0.25) is 0 Å². The van der Waals surface area contributed by atoms with E-state index < -0.39 is 10.0 Å². The third-order valence-corrected chi connectivity index (χ3v) is 6.05. The molecule has 0 saturated heterocycles. The smallest absolute Gasteiger partial charge is 0.260 e. The Labute approximate surface area is 119 Å². The molecule has 0 unspecified atom stereocenters. The van der Waals surface area contributed by atoms with Crippen molar-refractivity contribution < 1.29 is 8.42 Å². The summed E-state index contributed by atoms with van der Waals surface area (Å²) in [6.45, 7) is 0. The first kappa shape index (κ1) is 13.6. The Morgan fingerprint density at radius 2 is 1.89 bits per heavy atom. The second kappa shape index (κ2) is 5.42. The van der Waals surface area contributed by atoms with E-state index >= 15 is 0 Å². The highest BCUT2D eigenvalue weighted by molar-refractivity contribution is 9.08. The van der Waals surface area contributed by atoms with Gasteiger partial charge in [-0.3, -0.25) is 4.31 Å². The predicted octanol–water partition coefficient (Wildman–Crippen LogP) is 3.47. The summed E-state index contributed by atoms with van der Waals surface area (Å²) < 4.78 is 26.0. The summed E-state index contributed by atoms with van der Waals surface area (Å²) in [7, 11) is -1.89. The molecule has 0 fully saturated rings. The Hall–Kier alpha value is -0.850. The van der Waals surface area contributed by atoms with Crippen LogP contribution in [-0.2, 0) is 15.4 Å². The van der Waals surface area contributed by atoms with Crippen LogP contribution in [0.1, 0.15) is 5.56 Å². The number of benzene rings is 1. The van der Waals surface area contributed by atoms with Gasteiger partial charge in [0, 0.05) is 12.4 Å². The maximum atomic E-state index is 12.4. The lowest BCUT2D eigenvalue weighted by Gasteiger charge is -2.17. The van der Waals surface area contributed by atoms with E-state index in [1.165, 1.54) is 15.6 Å². The zero-order chi connectivity index (χ0) is 13.2. The first-order chi connectivity index (χ1) is 8.55. The maximum Gasteiger partial charge on any atom is 0.264 e. The number of nitrogens with zero attached hydrogens (tertiary/aromatic N) is 1. The number of thiophene rings is 1. The molecular weight excluding hydrogens is 334 g/mol. The Bertz CT molecular complexity index is 606. The van der Waals surface area contributed by atoms with Gasteiger partial charge in [-0.25, -0.2) is 8.42 Å². The molecule has 2 aromatic rings. The fourth-order valence-corrected chi connectivity index (χ4v) is 3.97. The van der Waals surface area contributed by atoms with Crippen molar-refractivity contribution in [3.05, 3.63) is 47.3 Å². The summed E-state index contributed by atoms with van der Waals surface area (Å²) in [5, 5.41) is 3.28. The second-order valence-electron chi connectivity index (χ2n) is 3.70. The largest absolute Gasteiger partial charge is 0.264 e. The molecule has 0 aliphatic carbocycles. The van der Waals surface area contributed by atoms with Gasteiger partial charge in [0.15, 0.2) is 0 Å². The van der Waals surface area contributed by atoms with Gasteiger partial charge in [-0.1, -0.05) is 28.1 Å². The fraction of sp³-hybridized carbons (Fsp3) is 0.167. The van der Waals surface area contributed by atoms with E-state index in [4.69, 9.17) is 0 Å². The average Bonchev–Trinajstić information content (AvgIpc) is 2.91. The van der Waals surface area contributed by atoms with Crippen molar-refractivity contribution in [2.24, 2.45) is 0 Å². The molecule has 0 N–H and O–H groups in total. The number of halogens is 1. The van der Waals surface area contributed by atoms with Crippen LogP contribution in [0.3, 0.4) is 0 Å². The normalized spacial score (nSPS) is 11.4. The molecule has 18 heavy (non-hydrogen) atoms. The first-order valence-corrected chi connectivity index (χ1v) is 8.67. The van der Waals surface area contributed by atoms with Gasteiger partial charge in [-0.15, -0.1) is 11.3 Å². The average molecular weight is 346 g/mol. The Kier molecular flexibility index (Phi) is 4.09. The molecule has 0 saturated carbocycles. The monoisotopic (exact) mass is 345 g/mol. The molecule has 1 aromatic carbocycles. The highest BCUT2D eigenvalue weighted by atomic mass is 79.9. The summed E-state index contributed by atoms with van der Waals surface area (Å²) in [4.78, 5) is 0.308. The van der Waals surface area contributed by atoms with Gasteiger partial charge in [0.2, 0.25) is 0 Å². The molecule has 0 radical (unpaired) electrons. The number of hydrogen-bond acceptors (Lipinski definition) is 3. The molecule has 0 amide bonds. The SMILES string of the molecule is CN(c1cccs1)S(=O)(=O)c1ccc(CBr)cc1. The number of hydrogen-bond donors (Lipinski definition) is 0. The van der Waals surface area contributed by atoms with Crippen molar-refractivity contribution in [3.8, 4) is 0 Å². The molecule has 0 bridgehead atoms. The highest BCUT2D eigenvalue weighted by Gasteiger charge is 2.21. The molecule has 0 atom stereocenters. The Morgan fingerprint density at radius 3 is 2.39 bits per heavy atom. The Morgan fingerprint density at radius 1 is 1.22 bits per heavy atom. The molecule has 0 aliphatic heterocycles.